The second-order valence-electron chi connectivity index (χ2n) is 6.97. The topological polar surface area (TPSA) is 53.3 Å². The fraction of sp³-hybridized carbons (Fsp3) is 0.364. The Morgan fingerprint density at radius 2 is 1.81 bits per heavy atom. The van der Waals surface area contributed by atoms with E-state index in [-0.39, 0.29) is 18.1 Å². The first-order valence-corrected chi connectivity index (χ1v) is 10.3. The van der Waals surface area contributed by atoms with Crippen LogP contribution in [-0.2, 0) is 4.74 Å². The third-order valence-corrected chi connectivity index (χ3v) is 6.49. The molecular formula is C22H22N2O2S. The van der Waals surface area contributed by atoms with Crippen molar-refractivity contribution in [2.24, 2.45) is 0 Å². The van der Waals surface area contributed by atoms with E-state index in [0.29, 0.717) is 24.3 Å². The number of carbonyl (C=O) groups excluding carboxylic acids is 1. The standard InChI is InChI=1S/C22H22N2O2S/c23-15-16-7-1-5-11-20(16)27-21-12-6-2-8-17(21)22(25)24-13-14-26-19-10-4-3-9-18(19)24/h1-2,5-8,11-12,18-19H,3-4,9-10,13-14H2. The van der Waals surface area contributed by atoms with E-state index in [0.717, 1.165) is 29.1 Å². The van der Waals surface area contributed by atoms with Crippen molar-refractivity contribution < 1.29 is 9.53 Å². The van der Waals surface area contributed by atoms with Gasteiger partial charge in [-0.25, -0.2) is 0 Å². The van der Waals surface area contributed by atoms with Crippen LogP contribution in [0.2, 0.25) is 0 Å². The molecule has 5 heteroatoms. The summed E-state index contributed by atoms with van der Waals surface area (Å²) in [6.45, 7) is 1.26. The molecule has 2 fully saturated rings. The maximum atomic E-state index is 13.4. The van der Waals surface area contributed by atoms with Crippen molar-refractivity contribution in [3.8, 4) is 6.07 Å². The van der Waals surface area contributed by atoms with E-state index in [1.165, 1.54) is 18.2 Å². The van der Waals surface area contributed by atoms with Gasteiger partial charge in [0.05, 0.1) is 29.9 Å². The molecule has 2 unspecified atom stereocenters. The second kappa shape index (κ2) is 8.16. The molecule has 1 heterocycles. The lowest BCUT2D eigenvalue weighted by molar-refractivity contribution is -0.0753. The normalized spacial score (nSPS) is 22.0. The SMILES string of the molecule is N#Cc1ccccc1Sc1ccccc1C(=O)N1CCOC2CCCCC21. The number of amides is 1. The Labute approximate surface area is 164 Å². The van der Waals surface area contributed by atoms with Crippen LogP contribution in [0.15, 0.2) is 58.3 Å². The van der Waals surface area contributed by atoms with Gasteiger partial charge in [0.2, 0.25) is 0 Å². The van der Waals surface area contributed by atoms with Gasteiger partial charge in [0.15, 0.2) is 0 Å². The van der Waals surface area contributed by atoms with Gasteiger partial charge in [-0.2, -0.15) is 5.26 Å². The van der Waals surface area contributed by atoms with E-state index in [9.17, 15) is 10.1 Å². The molecule has 1 aliphatic carbocycles. The van der Waals surface area contributed by atoms with Crippen LogP contribution in [0, 0.1) is 11.3 Å². The van der Waals surface area contributed by atoms with Crippen molar-refractivity contribution in [3.05, 3.63) is 59.7 Å². The monoisotopic (exact) mass is 378 g/mol. The number of benzene rings is 2. The van der Waals surface area contributed by atoms with Crippen LogP contribution in [0.1, 0.15) is 41.6 Å². The van der Waals surface area contributed by atoms with Crippen molar-refractivity contribution in [2.75, 3.05) is 13.2 Å². The van der Waals surface area contributed by atoms with E-state index in [4.69, 9.17) is 4.74 Å². The summed E-state index contributed by atoms with van der Waals surface area (Å²) in [5.41, 5.74) is 1.34. The Hall–Kier alpha value is -2.29. The highest BCUT2D eigenvalue weighted by atomic mass is 32.2. The van der Waals surface area contributed by atoms with Crippen LogP contribution >= 0.6 is 11.8 Å². The average molecular weight is 378 g/mol. The molecule has 4 rings (SSSR count). The van der Waals surface area contributed by atoms with Gasteiger partial charge < -0.3 is 9.64 Å². The van der Waals surface area contributed by atoms with Gasteiger partial charge in [0, 0.05) is 16.3 Å². The van der Waals surface area contributed by atoms with E-state index in [1.54, 1.807) is 6.07 Å². The molecule has 0 spiro atoms. The Morgan fingerprint density at radius 1 is 1.07 bits per heavy atom. The molecule has 4 nitrogen and oxygen atoms in total. The summed E-state index contributed by atoms with van der Waals surface area (Å²) in [6.07, 6.45) is 4.57. The van der Waals surface area contributed by atoms with E-state index < -0.39 is 0 Å². The van der Waals surface area contributed by atoms with E-state index >= 15 is 0 Å². The van der Waals surface area contributed by atoms with Crippen molar-refractivity contribution in [2.45, 2.75) is 47.6 Å². The number of nitrogens with zero attached hydrogens (tertiary/aromatic N) is 2. The van der Waals surface area contributed by atoms with Crippen molar-refractivity contribution in [1.29, 1.82) is 5.26 Å². The zero-order valence-corrected chi connectivity index (χ0v) is 16.0. The second-order valence-corrected chi connectivity index (χ2v) is 8.05. The number of ether oxygens (including phenoxy) is 1. The smallest absolute Gasteiger partial charge is 0.255 e. The number of morpholine rings is 1. The number of nitriles is 1. The Morgan fingerprint density at radius 3 is 2.67 bits per heavy atom. The maximum absolute atomic E-state index is 13.4. The zero-order chi connectivity index (χ0) is 18.6. The summed E-state index contributed by atoms with van der Waals surface area (Å²) in [6, 6.07) is 17.6. The van der Waals surface area contributed by atoms with Crippen LogP contribution in [0.5, 0.6) is 0 Å². The molecule has 1 amide bonds. The number of fused-ring (bicyclic) bond motifs is 1. The predicted molar refractivity (Wildman–Crippen MR) is 105 cm³/mol. The van der Waals surface area contributed by atoms with Crippen LogP contribution in [0.3, 0.4) is 0 Å². The predicted octanol–water partition coefficient (Wildman–Crippen LogP) is 4.49. The van der Waals surface area contributed by atoms with Gasteiger partial charge in [-0.1, -0.05) is 48.9 Å². The van der Waals surface area contributed by atoms with E-state index in [1.807, 2.05) is 47.4 Å². The number of hydrogen-bond acceptors (Lipinski definition) is 4. The summed E-state index contributed by atoms with van der Waals surface area (Å²) in [7, 11) is 0. The molecule has 2 aromatic rings. The summed E-state index contributed by atoms with van der Waals surface area (Å²) in [4.78, 5) is 17.2. The maximum Gasteiger partial charge on any atom is 0.255 e. The minimum atomic E-state index is 0.0766. The number of carbonyl (C=O) groups is 1. The highest BCUT2D eigenvalue weighted by Crippen LogP contribution is 2.35. The van der Waals surface area contributed by atoms with Crippen molar-refractivity contribution in [1.82, 2.24) is 4.90 Å². The van der Waals surface area contributed by atoms with Crippen molar-refractivity contribution in [3.63, 3.8) is 0 Å². The minimum Gasteiger partial charge on any atom is -0.374 e. The van der Waals surface area contributed by atoms with Gasteiger partial charge in [-0.3, -0.25) is 4.79 Å². The van der Waals surface area contributed by atoms with Crippen LogP contribution in [0.25, 0.3) is 0 Å². The fourth-order valence-electron chi connectivity index (χ4n) is 4.00. The van der Waals surface area contributed by atoms with Crippen LogP contribution in [0.4, 0.5) is 0 Å². The molecule has 138 valence electrons. The van der Waals surface area contributed by atoms with Gasteiger partial charge in [0.1, 0.15) is 6.07 Å². The van der Waals surface area contributed by atoms with E-state index in [2.05, 4.69) is 6.07 Å². The molecule has 0 aromatic heterocycles. The molecule has 1 saturated carbocycles. The lowest BCUT2D eigenvalue weighted by Crippen LogP contribution is -2.54. The number of hydrogen-bond donors (Lipinski definition) is 0. The molecule has 0 N–H and O–H groups in total. The Balaban J connectivity index is 1.62. The zero-order valence-electron chi connectivity index (χ0n) is 15.1. The fourth-order valence-corrected chi connectivity index (χ4v) is 5.02. The molecule has 27 heavy (non-hydrogen) atoms. The Bertz CT molecular complexity index is 875. The van der Waals surface area contributed by atoms with Crippen molar-refractivity contribution >= 4 is 17.7 Å². The average Bonchev–Trinajstić information content (AvgIpc) is 2.73. The summed E-state index contributed by atoms with van der Waals surface area (Å²) in [5, 5.41) is 9.36. The summed E-state index contributed by atoms with van der Waals surface area (Å²) < 4.78 is 5.92. The van der Waals surface area contributed by atoms with Crippen LogP contribution < -0.4 is 0 Å². The highest BCUT2D eigenvalue weighted by molar-refractivity contribution is 7.99. The first-order chi connectivity index (χ1) is 13.3. The minimum absolute atomic E-state index is 0.0766. The van der Waals surface area contributed by atoms with Crippen LogP contribution in [-0.4, -0.2) is 36.1 Å². The lowest BCUT2D eigenvalue weighted by atomic mass is 9.89. The van der Waals surface area contributed by atoms with Gasteiger partial charge in [0.25, 0.3) is 5.91 Å². The molecular weight excluding hydrogens is 356 g/mol. The largest absolute Gasteiger partial charge is 0.374 e. The first kappa shape index (κ1) is 18.1. The molecule has 2 aliphatic rings. The summed E-state index contributed by atoms with van der Waals surface area (Å²) in [5.74, 6) is 0.0766. The molecule has 1 aliphatic heterocycles. The molecule has 0 radical (unpaired) electrons. The third kappa shape index (κ3) is 3.73. The molecule has 2 atom stereocenters. The Kier molecular flexibility index (Phi) is 5.47. The van der Waals surface area contributed by atoms with Gasteiger partial charge >= 0.3 is 0 Å². The van der Waals surface area contributed by atoms with Gasteiger partial charge in [-0.05, 0) is 37.1 Å². The summed E-state index contributed by atoms with van der Waals surface area (Å²) >= 11 is 1.49. The molecule has 1 saturated heterocycles. The van der Waals surface area contributed by atoms with Gasteiger partial charge in [-0.15, -0.1) is 0 Å². The molecule has 2 aromatic carbocycles. The quantitative estimate of drug-likeness (QED) is 0.789. The third-order valence-electron chi connectivity index (χ3n) is 5.34. The first-order valence-electron chi connectivity index (χ1n) is 9.46. The lowest BCUT2D eigenvalue weighted by Gasteiger charge is -2.44. The number of rotatable bonds is 3. The molecule has 0 bridgehead atoms. The highest BCUT2D eigenvalue weighted by Gasteiger charge is 2.37.